The average Bonchev–Trinajstić information content (AvgIpc) is 3.58. The zero-order valence-corrected chi connectivity index (χ0v) is 24.7. The summed E-state index contributed by atoms with van der Waals surface area (Å²) in [7, 11) is -2.80. The molecule has 0 saturated heterocycles. The van der Waals surface area contributed by atoms with E-state index in [1.807, 2.05) is 0 Å². The number of nitrogens with zero attached hydrogens (tertiary/aromatic N) is 4. The van der Waals surface area contributed by atoms with Gasteiger partial charge in [-0.05, 0) is 41.8 Å². The van der Waals surface area contributed by atoms with Crippen LogP contribution in [-0.2, 0) is 43.6 Å². The number of benzene rings is 2. The molecule has 230 valence electrons. The molecule has 4 rings (SSSR count). The molecule has 0 saturated carbocycles. The van der Waals surface area contributed by atoms with Crippen molar-refractivity contribution >= 4 is 43.5 Å². The van der Waals surface area contributed by atoms with Crippen LogP contribution in [0.5, 0.6) is 5.75 Å². The van der Waals surface area contributed by atoms with Gasteiger partial charge in [0.2, 0.25) is 10.2 Å². The molecule has 0 aliphatic carbocycles. The minimum atomic E-state index is -4.50. The zero-order valence-electron chi connectivity index (χ0n) is 23.0. The van der Waals surface area contributed by atoms with Crippen LogP contribution in [0.15, 0.2) is 53.0 Å². The summed E-state index contributed by atoms with van der Waals surface area (Å²) in [5, 5.41) is 15.9. The molecular formula is C26H27F3N6O6S2. The summed E-state index contributed by atoms with van der Waals surface area (Å²) in [5.74, 6) is -1.23. The average molecular weight is 641 g/mol. The van der Waals surface area contributed by atoms with Crippen LogP contribution in [0, 0.1) is 5.92 Å². The lowest BCUT2D eigenvalue weighted by atomic mass is 10.0. The second kappa shape index (κ2) is 12.6. The second-order valence-corrected chi connectivity index (χ2v) is 12.6. The molecule has 17 heteroatoms. The quantitative estimate of drug-likeness (QED) is 0.234. The Labute approximate surface area is 248 Å². The van der Waals surface area contributed by atoms with E-state index in [9.17, 15) is 31.2 Å². The van der Waals surface area contributed by atoms with E-state index in [4.69, 9.17) is 14.6 Å². The van der Waals surface area contributed by atoms with Crippen molar-refractivity contribution in [2.24, 2.45) is 11.1 Å². The van der Waals surface area contributed by atoms with Crippen LogP contribution in [0.1, 0.15) is 36.7 Å². The number of primary sulfonamides is 1. The van der Waals surface area contributed by atoms with Gasteiger partial charge in [0.15, 0.2) is 0 Å². The lowest BCUT2D eigenvalue weighted by Gasteiger charge is -2.23. The maximum Gasteiger partial charge on any atom is 0.416 e. The summed E-state index contributed by atoms with van der Waals surface area (Å²) < 4.78 is 74.1. The van der Waals surface area contributed by atoms with Crippen molar-refractivity contribution in [3.05, 3.63) is 65.5 Å². The highest BCUT2D eigenvalue weighted by Gasteiger charge is 2.32. The number of fused-ring (bicyclic) bond motifs is 1. The Morgan fingerprint density at radius 2 is 1.84 bits per heavy atom. The van der Waals surface area contributed by atoms with Gasteiger partial charge in [0.25, 0.3) is 10.0 Å². The maximum atomic E-state index is 13.3. The molecule has 0 radical (unpaired) electrons. The number of hydrogen-bond donors (Lipinski definition) is 2. The molecule has 1 unspecified atom stereocenters. The summed E-state index contributed by atoms with van der Waals surface area (Å²) in [6, 6.07) is 7.02. The Balaban J connectivity index is 1.44. The molecule has 12 nitrogen and oxygen atoms in total. The number of nitrogens with one attached hydrogen (secondary N) is 1. The maximum absolute atomic E-state index is 13.3. The predicted octanol–water partition coefficient (Wildman–Crippen LogP) is 3.23. The van der Waals surface area contributed by atoms with Crippen LogP contribution in [0.3, 0.4) is 0 Å². The van der Waals surface area contributed by atoms with Crippen molar-refractivity contribution in [1.29, 1.82) is 0 Å². The van der Waals surface area contributed by atoms with Crippen LogP contribution in [0.25, 0.3) is 10.2 Å². The van der Waals surface area contributed by atoms with Gasteiger partial charge in [0.05, 0.1) is 29.1 Å². The Morgan fingerprint density at radius 3 is 2.44 bits per heavy atom. The first kappa shape index (κ1) is 31.8. The number of alkyl halides is 3. The monoisotopic (exact) mass is 640 g/mol. The minimum Gasteiger partial charge on any atom is -0.487 e. The molecule has 2 heterocycles. The number of halogens is 3. The first-order chi connectivity index (χ1) is 20.2. The Bertz CT molecular complexity index is 1720. The highest BCUT2D eigenvalue weighted by Crippen LogP contribution is 2.30. The van der Waals surface area contributed by atoms with Gasteiger partial charge >= 0.3 is 12.1 Å². The third-order valence-electron chi connectivity index (χ3n) is 6.24. The van der Waals surface area contributed by atoms with Crippen LogP contribution in [-0.4, -0.2) is 53.4 Å². The Kier molecular flexibility index (Phi) is 9.36. The van der Waals surface area contributed by atoms with Gasteiger partial charge in [-0.25, -0.2) is 28.0 Å². The lowest BCUT2D eigenvalue weighted by molar-refractivity contribution is -0.145. The number of carbonyl (C=O) groups is 2. The molecule has 3 N–H and O–H groups in total. The molecule has 0 bridgehead atoms. The number of carbonyl (C=O) groups excluding carboxylic acids is 2. The third-order valence-corrected chi connectivity index (χ3v) is 8.57. The second-order valence-electron chi connectivity index (χ2n) is 9.80. The molecule has 4 aromatic rings. The Morgan fingerprint density at radius 1 is 1.14 bits per heavy atom. The number of rotatable bonds is 11. The SMILES string of the molecule is COC(=O)[C@H](Cc1ccc(C(F)(F)F)cc1)NC(=O)C(C(C)C)n1cc(COc2ccc3nc(S(N)(=O)=O)sc3c2)nn1. The van der Waals surface area contributed by atoms with Gasteiger partial charge in [-0.1, -0.05) is 31.2 Å². The molecule has 0 aliphatic rings. The standard InChI is InChI=1S/C26H27F3N6O6S2/c1-14(2)22(23(36)31-20(24(37)40-3)10-15-4-6-16(7-5-15)26(27,28)29)35-12-17(33-34-35)13-41-18-8-9-19-21(11-18)42-25(32-19)43(30,38)39/h4-9,11-12,14,20,22H,10,13H2,1-3H3,(H,31,36)(H2,30,38,39)/t20-,22?/m0/s1. The predicted molar refractivity (Wildman–Crippen MR) is 148 cm³/mol. The van der Waals surface area contributed by atoms with Gasteiger partial charge in [-0.15, -0.1) is 16.4 Å². The lowest BCUT2D eigenvalue weighted by Crippen LogP contribution is -2.47. The fourth-order valence-electron chi connectivity index (χ4n) is 4.15. The van der Waals surface area contributed by atoms with Crippen molar-refractivity contribution in [3.8, 4) is 5.75 Å². The van der Waals surface area contributed by atoms with Gasteiger partial charge in [0, 0.05) is 6.42 Å². The summed E-state index contributed by atoms with van der Waals surface area (Å²) >= 11 is 0.906. The Hall–Kier alpha value is -4.09. The number of ether oxygens (including phenoxy) is 2. The summed E-state index contributed by atoms with van der Waals surface area (Å²) in [4.78, 5) is 29.8. The molecule has 0 aliphatic heterocycles. The normalized spacial score (nSPS) is 13.6. The van der Waals surface area contributed by atoms with Gasteiger partial charge in [-0.3, -0.25) is 4.79 Å². The number of amides is 1. The highest BCUT2D eigenvalue weighted by atomic mass is 32.2. The molecule has 2 aromatic heterocycles. The van der Waals surface area contributed by atoms with E-state index in [-0.39, 0.29) is 23.3 Å². The number of nitrogens with two attached hydrogens (primary N) is 1. The van der Waals surface area contributed by atoms with E-state index in [1.165, 1.54) is 23.0 Å². The summed E-state index contributed by atoms with van der Waals surface area (Å²) in [6.45, 7) is 3.51. The molecular weight excluding hydrogens is 613 g/mol. The minimum absolute atomic E-state index is 0.0303. The summed E-state index contributed by atoms with van der Waals surface area (Å²) in [6.07, 6.45) is -3.09. The van der Waals surface area contributed by atoms with Gasteiger partial charge < -0.3 is 14.8 Å². The van der Waals surface area contributed by atoms with E-state index in [2.05, 4.69) is 20.6 Å². The number of hydrogen-bond acceptors (Lipinski definition) is 10. The van der Waals surface area contributed by atoms with Crippen molar-refractivity contribution < 1.29 is 40.7 Å². The zero-order chi connectivity index (χ0) is 31.5. The van der Waals surface area contributed by atoms with E-state index in [0.29, 0.717) is 27.2 Å². The third kappa shape index (κ3) is 7.85. The van der Waals surface area contributed by atoms with Crippen LogP contribution >= 0.6 is 11.3 Å². The smallest absolute Gasteiger partial charge is 0.416 e. The molecule has 43 heavy (non-hydrogen) atoms. The molecule has 0 spiro atoms. The van der Waals surface area contributed by atoms with E-state index >= 15 is 0 Å². The fourth-order valence-corrected chi connectivity index (χ4v) is 5.84. The van der Waals surface area contributed by atoms with Crippen LogP contribution < -0.4 is 15.2 Å². The first-order valence-electron chi connectivity index (χ1n) is 12.7. The number of aromatic nitrogens is 4. The van der Waals surface area contributed by atoms with Crippen LogP contribution in [0.4, 0.5) is 13.2 Å². The van der Waals surface area contributed by atoms with Crippen LogP contribution in [0.2, 0.25) is 0 Å². The van der Waals surface area contributed by atoms with Crippen molar-refractivity contribution in [2.45, 2.75) is 49.5 Å². The van der Waals surface area contributed by atoms with E-state index in [1.54, 1.807) is 32.0 Å². The fraction of sp³-hybridized carbons (Fsp3) is 0.346. The summed E-state index contributed by atoms with van der Waals surface area (Å²) in [5.41, 5.74) is 0.382. The van der Waals surface area contributed by atoms with Gasteiger partial charge in [-0.2, -0.15) is 13.2 Å². The molecule has 2 aromatic carbocycles. The van der Waals surface area contributed by atoms with Crippen molar-refractivity contribution in [3.63, 3.8) is 0 Å². The molecule has 2 atom stereocenters. The number of esters is 1. The highest BCUT2D eigenvalue weighted by molar-refractivity contribution is 7.91. The number of sulfonamides is 1. The first-order valence-corrected chi connectivity index (χ1v) is 15.0. The number of thiazole rings is 1. The van der Waals surface area contributed by atoms with E-state index in [0.717, 1.165) is 30.6 Å². The molecule has 1 amide bonds. The largest absolute Gasteiger partial charge is 0.487 e. The topological polar surface area (TPSA) is 168 Å². The van der Waals surface area contributed by atoms with Gasteiger partial charge in [0.1, 0.15) is 30.1 Å². The molecule has 0 fully saturated rings. The number of methoxy groups -OCH3 is 1. The van der Waals surface area contributed by atoms with Crippen molar-refractivity contribution in [2.75, 3.05) is 7.11 Å². The van der Waals surface area contributed by atoms with Crippen molar-refractivity contribution in [1.82, 2.24) is 25.3 Å². The van der Waals surface area contributed by atoms with E-state index < -0.39 is 45.7 Å².